The maximum atomic E-state index is 12.0. The number of para-hydroxylation sites is 1. The zero-order valence-corrected chi connectivity index (χ0v) is 16.4. The highest BCUT2D eigenvalue weighted by molar-refractivity contribution is 5.75. The van der Waals surface area contributed by atoms with Gasteiger partial charge in [-0.15, -0.1) is 0 Å². The zero-order chi connectivity index (χ0) is 19.0. The SMILES string of the molecule is CCOC(=O)CCC(CC)(CC)c1ccccc1-c1ccccc1OC. The Labute approximate surface area is 157 Å². The molecule has 0 spiro atoms. The lowest BCUT2D eigenvalue weighted by molar-refractivity contribution is -0.143. The molecule has 2 aromatic rings. The first-order valence-corrected chi connectivity index (χ1v) is 9.50. The van der Waals surface area contributed by atoms with Gasteiger partial charge in [0.05, 0.1) is 13.7 Å². The molecule has 0 unspecified atom stereocenters. The lowest BCUT2D eigenvalue weighted by atomic mass is 9.70. The van der Waals surface area contributed by atoms with Crippen LogP contribution in [-0.2, 0) is 14.9 Å². The second-order valence-corrected chi connectivity index (χ2v) is 6.54. The molecule has 2 rings (SSSR count). The minimum Gasteiger partial charge on any atom is -0.496 e. The van der Waals surface area contributed by atoms with E-state index in [-0.39, 0.29) is 11.4 Å². The summed E-state index contributed by atoms with van der Waals surface area (Å²) < 4.78 is 10.7. The molecule has 2 aromatic carbocycles. The number of hydrogen-bond acceptors (Lipinski definition) is 3. The van der Waals surface area contributed by atoms with Crippen LogP contribution in [0.2, 0.25) is 0 Å². The molecule has 0 N–H and O–H groups in total. The van der Waals surface area contributed by atoms with Crippen molar-refractivity contribution in [3.05, 3.63) is 54.1 Å². The number of methoxy groups -OCH3 is 1. The molecule has 0 aliphatic heterocycles. The third-order valence-corrected chi connectivity index (χ3v) is 5.36. The highest BCUT2D eigenvalue weighted by atomic mass is 16.5. The lowest BCUT2D eigenvalue weighted by Gasteiger charge is -2.34. The van der Waals surface area contributed by atoms with Crippen LogP contribution in [0.15, 0.2) is 48.5 Å². The van der Waals surface area contributed by atoms with E-state index in [1.165, 1.54) is 11.1 Å². The van der Waals surface area contributed by atoms with E-state index in [1.54, 1.807) is 7.11 Å². The largest absolute Gasteiger partial charge is 0.496 e. The van der Waals surface area contributed by atoms with Gasteiger partial charge in [0.25, 0.3) is 0 Å². The molecule has 0 saturated heterocycles. The maximum Gasteiger partial charge on any atom is 0.305 e. The summed E-state index contributed by atoms with van der Waals surface area (Å²) in [7, 11) is 1.70. The van der Waals surface area contributed by atoms with Gasteiger partial charge in [-0.3, -0.25) is 4.79 Å². The summed E-state index contributed by atoms with van der Waals surface area (Å²) in [5, 5.41) is 0. The fourth-order valence-electron chi connectivity index (χ4n) is 3.74. The molecule has 3 heteroatoms. The molecular weight excluding hydrogens is 324 g/mol. The summed E-state index contributed by atoms with van der Waals surface area (Å²) in [6, 6.07) is 16.6. The van der Waals surface area contributed by atoms with Gasteiger partial charge in [-0.2, -0.15) is 0 Å². The molecule has 0 aliphatic rings. The van der Waals surface area contributed by atoms with E-state index < -0.39 is 0 Å². The molecule has 0 atom stereocenters. The number of carbonyl (C=O) groups is 1. The van der Waals surface area contributed by atoms with Crippen molar-refractivity contribution in [3.63, 3.8) is 0 Å². The van der Waals surface area contributed by atoms with Gasteiger partial charge in [-0.05, 0) is 48.8 Å². The van der Waals surface area contributed by atoms with Gasteiger partial charge in [0.1, 0.15) is 5.75 Å². The fourth-order valence-corrected chi connectivity index (χ4v) is 3.74. The monoisotopic (exact) mass is 354 g/mol. The van der Waals surface area contributed by atoms with Gasteiger partial charge in [0, 0.05) is 12.0 Å². The zero-order valence-electron chi connectivity index (χ0n) is 16.4. The van der Waals surface area contributed by atoms with Gasteiger partial charge >= 0.3 is 5.97 Å². The molecule has 26 heavy (non-hydrogen) atoms. The van der Waals surface area contributed by atoms with Crippen LogP contribution in [0.1, 0.15) is 52.0 Å². The average Bonchev–Trinajstić information content (AvgIpc) is 2.69. The molecule has 0 fully saturated rings. The maximum absolute atomic E-state index is 12.0. The van der Waals surface area contributed by atoms with Crippen molar-refractivity contribution in [1.29, 1.82) is 0 Å². The second-order valence-electron chi connectivity index (χ2n) is 6.54. The van der Waals surface area contributed by atoms with Crippen LogP contribution in [0.5, 0.6) is 5.75 Å². The molecule has 140 valence electrons. The Hall–Kier alpha value is -2.29. The second kappa shape index (κ2) is 9.42. The summed E-state index contributed by atoms with van der Waals surface area (Å²) in [5.74, 6) is 0.750. The lowest BCUT2D eigenvalue weighted by Crippen LogP contribution is -2.27. The Balaban J connectivity index is 2.48. The molecule has 3 nitrogen and oxygen atoms in total. The van der Waals surface area contributed by atoms with Gasteiger partial charge in [0.2, 0.25) is 0 Å². The number of carbonyl (C=O) groups excluding carboxylic acids is 1. The Bertz CT molecular complexity index is 717. The van der Waals surface area contributed by atoms with Crippen molar-refractivity contribution in [2.45, 2.75) is 51.9 Å². The Kier molecular flexibility index (Phi) is 7.26. The normalized spacial score (nSPS) is 11.2. The fraction of sp³-hybridized carbons (Fsp3) is 0.435. The Morgan fingerprint density at radius 2 is 1.54 bits per heavy atom. The number of ether oxygens (including phenoxy) is 2. The van der Waals surface area contributed by atoms with E-state index >= 15 is 0 Å². The standard InChI is InChI=1S/C23H30O3/c1-5-23(6-2,17-16-22(24)26-7-3)20-14-10-8-12-18(20)19-13-9-11-15-21(19)25-4/h8-15H,5-7,16-17H2,1-4H3. The van der Waals surface area contributed by atoms with Crippen molar-refractivity contribution >= 4 is 5.97 Å². The summed E-state index contributed by atoms with van der Waals surface area (Å²) in [4.78, 5) is 12.0. The topological polar surface area (TPSA) is 35.5 Å². The third-order valence-electron chi connectivity index (χ3n) is 5.36. The van der Waals surface area contributed by atoms with Gasteiger partial charge in [-0.1, -0.05) is 56.3 Å². The summed E-state index contributed by atoms with van der Waals surface area (Å²) >= 11 is 0. The first kappa shape index (κ1) is 20.0. The van der Waals surface area contributed by atoms with E-state index in [0.717, 1.165) is 30.6 Å². The van der Waals surface area contributed by atoms with Crippen molar-refractivity contribution in [2.75, 3.05) is 13.7 Å². The van der Waals surface area contributed by atoms with E-state index in [9.17, 15) is 4.79 Å². The van der Waals surface area contributed by atoms with E-state index in [0.29, 0.717) is 13.0 Å². The van der Waals surface area contributed by atoms with Gasteiger partial charge in [0.15, 0.2) is 0 Å². The Morgan fingerprint density at radius 1 is 0.923 bits per heavy atom. The first-order chi connectivity index (χ1) is 12.6. The van der Waals surface area contributed by atoms with E-state index in [4.69, 9.17) is 9.47 Å². The molecule has 0 heterocycles. The van der Waals surface area contributed by atoms with Crippen molar-refractivity contribution < 1.29 is 14.3 Å². The Morgan fingerprint density at radius 3 is 2.15 bits per heavy atom. The smallest absolute Gasteiger partial charge is 0.305 e. The van der Waals surface area contributed by atoms with Gasteiger partial charge < -0.3 is 9.47 Å². The minimum atomic E-state index is -0.117. The predicted molar refractivity (Wildman–Crippen MR) is 107 cm³/mol. The van der Waals surface area contributed by atoms with E-state index in [1.807, 2.05) is 25.1 Å². The van der Waals surface area contributed by atoms with Crippen LogP contribution in [0.3, 0.4) is 0 Å². The quantitative estimate of drug-likeness (QED) is 0.537. The molecular formula is C23H30O3. The highest BCUT2D eigenvalue weighted by Crippen LogP contribution is 2.43. The van der Waals surface area contributed by atoms with Crippen LogP contribution < -0.4 is 4.74 Å². The van der Waals surface area contributed by atoms with Crippen LogP contribution in [0, 0.1) is 0 Å². The van der Waals surface area contributed by atoms with Crippen LogP contribution in [-0.4, -0.2) is 19.7 Å². The first-order valence-electron chi connectivity index (χ1n) is 9.50. The van der Waals surface area contributed by atoms with Crippen molar-refractivity contribution in [1.82, 2.24) is 0 Å². The average molecular weight is 354 g/mol. The summed E-state index contributed by atoms with van der Waals surface area (Å²) in [5.41, 5.74) is 3.48. The molecule has 0 bridgehead atoms. The summed E-state index contributed by atoms with van der Waals surface area (Å²) in [6.45, 7) is 6.69. The highest BCUT2D eigenvalue weighted by Gasteiger charge is 2.32. The molecule has 0 saturated carbocycles. The van der Waals surface area contributed by atoms with Crippen molar-refractivity contribution in [3.8, 4) is 16.9 Å². The molecule has 0 aromatic heterocycles. The molecule has 0 amide bonds. The van der Waals surface area contributed by atoms with Crippen molar-refractivity contribution in [2.24, 2.45) is 0 Å². The van der Waals surface area contributed by atoms with Crippen LogP contribution in [0.25, 0.3) is 11.1 Å². The number of benzene rings is 2. The number of rotatable bonds is 9. The van der Waals surface area contributed by atoms with E-state index in [2.05, 4.69) is 44.2 Å². The van der Waals surface area contributed by atoms with Crippen LogP contribution in [0.4, 0.5) is 0 Å². The predicted octanol–water partition coefficient (Wildman–Crippen LogP) is 5.76. The van der Waals surface area contributed by atoms with Crippen LogP contribution >= 0.6 is 0 Å². The number of esters is 1. The third kappa shape index (κ3) is 4.27. The van der Waals surface area contributed by atoms with Gasteiger partial charge in [-0.25, -0.2) is 0 Å². The molecule has 0 radical (unpaired) electrons. The summed E-state index contributed by atoms with van der Waals surface area (Å²) in [6.07, 6.45) is 3.16. The molecule has 0 aliphatic carbocycles. The minimum absolute atomic E-state index is 0.0653. The number of hydrogen-bond donors (Lipinski definition) is 0.